The van der Waals surface area contributed by atoms with Gasteiger partial charge >= 0.3 is 11.9 Å². The molecule has 0 aliphatic heterocycles. The summed E-state index contributed by atoms with van der Waals surface area (Å²) >= 11 is 0. The third-order valence-corrected chi connectivity index (χ3v) is 5.31. The zero-order chi connectivity index (χ0) is 15.6. The lowest BCUT2D eigenvalue weighted by molar-refractivity contribution is -0.154. The fourth-order valence-corrected chi connectivity index (χ4v) is 4.32. The predicted molar refractivity (Wildman–Crippen MR) is 76.7 cm³/mol. The molecule has 0 aromatic carbocycles. The van der Waals surface area contributed by atoms with Gasteiger partial charge in [-0.1, -0.05) is 6.92 Å². The molecule has 0 aromatic heterocycles. The van der Waals surface area contributed by atoms with Crippen LogP contribution in [0.5, 0.6) is 0 Å². The van der Waals surface area contributed by atoms with Crippen LogP contribution in [0.2, 0.25) is 0 Å². The zero-order valence-electron chi connectivity index (χ0n) is 12.7. The third kappa shape index (κ3) is 2.92. The number of rotatable bonds is 5. The largest absolute Gasteiger partial charge is 0.512 e. The Balaban J connectivity index is 2.23. The molecule has 118 valence electrons. The Morgan fingerprint density at radius 3 is 2.71 bits per heavy atom. The molecule has 2 aliphatic carbocycles. The number of carboxylic acid groups (broad SMARTS) is 1. The fraction of sp³-hybridized carbons (Fsp3) is 0.750. The van der Waals surface area contributed by atoms with Crippen LogP contribution in [0.25, 0.3) is 0 Å². The van der Waals surface area contributed by atoms with Gasteiger partial charge in [0.25, 0.3) is 0 Å². The molecule has 0 aromatic rings. The first-order valence-electron chi connectivity index (χ1n) is 7.68. The number of aliphatic hydroxyl groups excluding tert-OH is 1. The second-order valence-corrected chi connectivity index (χ2v) is 6.24. The number of esters is 1. The summed E-state index contributed by atoms with van der Waals surface area (Å²) < 4.78 is 5.52. The van der Waals surface area contributed by atoms with Gasteiger partial charge in [0, 0.05) is 24.7 Å². The van der Waals surface area contributed by atoms with Crippen LogP contribution in [0.4, 0.5) is 0 Å². The molecule has 0 bridgehead atoms. The zero-order valence-corrected chi connectivity index (χ0v) is 12.7. The minimum absolute atomic E-state index is 0.0527. The number of carboxylic acids is 1. The molecule has 0 spiro atoms. The maximum atomic E-state index is 11.3. The van der Waals surface area contributed by atoms with E-state index < -0.39 is 5.97 Å². The number of fused-ring (bicyclic) bond motifs is 1. The van der Waals surface area contributed by atoms with E-state index in [2.05, 4.69) is 6.92 Å². The number of hydrogen-bond donors (Lipinski definition) is 2. The van der Waals surface area contributed by atoms with Gasteiger partial charge in [0.2, 0.25) is 0 Å². The minimum atomic E-state index is -0.843. The van der Waals surface area contributed by atoms with Gasteiger partial charge in [-0.15, -0.1) is 0 Å². The average molecular weight is 296 g/mol. The van der Waals surface area contributed by atoms with E-state index in [1.807, 2.05) is 0 Å². The lowest BCUT2D eigenvalue weighted by Gasteiger charge is -2.44. The van der Waals surface area contributed by atoms with Crippen LogP contribution in [-0.4, -0.2) is 28.3 Å². The summed E-state index contributed by atoms with van der Waals surface area (Å²) in [5.41, 5.74) is -0.152. The Morgan fingerprint density at radius 2 is 2.14 bits per heavy atom. The van der Waals surface area contributed by atoms with Gasteiger partial charge in [-0.3, -0.25) is 9.59 Å². The third-order valence-electron chi connectivity index (χ3n) is 5.31. The van der Waals surface area contributed by atoms with Crippen LogP contribution in [0, 0.1) is 17.3 Å². The quantitative estimate of drug-likeness (QED) is 0.762. The van der Waals surface area contributed by atoms with E-state index in [0.717, 1.165) is 19.3 Å². The van der Waals surface area contributed by atoms with Crippen molar-refractivity contribution in [2.75, 3.05) is 0 Å². The maximum absolute atomic E-state index is 11.3. The van der Waals surface area contributed by atoms with Crippen molar-refractivity contribution < 1.29 is 24.5 Å². The van der Waals surface area contributed by atoms with E-state index in [0.29, 0.717) is 18.6 Å². The monoisotopic (exact) mass is 296 g/mol. The highest BCUT2D eigenvalue weighted by atomic mass is 16.5. The number of allylic oxidation sites excluding steroid dienone is 2. The molecular weight excluding hydrogens is 272 g/mol. The predicted octanol–water partition coefficient (Wildman–Crippen LogP) is 3.05. The molecule has 1 saturated carbocycles. The Hall–Kier alpha value is -1.52. The molecule has 2 rings (SSSR count). The molecule has 5 heteroatoms. The SMILES string of the molecule is CCC12CC=C(O)C(CCC(=O)O)C1CC[C@@H]2OC(C)=O. The molecule has 3 unspecified atom stereocenters. The molecule has 1 fully saturated rings. The van der Waals surface area contributed by atoms with Crippen molar-refractivity contribution in [1.82, 2.24) is 0 Å². The second-order valence-electron chi connectivity index (χ2n) is 6.24. The number of ether oxygens (including phenoxy) is 1. The van der Waals surface area contributed by atoms with Gasteiger partial charge in [0.1, 0.15) is 6.10 Å². The topological polar surface area (TPSA) is 83.8 Å². The Morgan fingerprint density at radius 1 is 1.43 bits per heavy atom. The van der Waals surface area contributed by atoms with Crippen LogP contribution < -0.4 is 0 Å². The summed E-state index contributed by atoms with van der Waals surface area (Å²) in [5.74, 6) is -0.736. The molecule has 0 heterocycles. The number of carbonyl (C=O) groups excluding carboxylic acids is 1. The molecule has 5 nitrogen and oxygen atoms in total. The molecule has 0 amide bonds. The van der Waals surface area contributed by atoms with E-state index in [1.54, 1.807) is 6.08 Å². The molecular formula is C16H24O5. The Kier molecular flexibility index (Phi) is 4.59. The highest BCUT2D eigenvalue weighted by Gasteiger charge is 2.55. The Bertz CT molecular complexity index is 456. The van der Waals surface area contributed by atoms with Gasteiger partial charge in [-0.2, -0.15) is 0 Å². The van der Waals surface area contributed by atoms with Crippen molar-refractivity contribution in [3.63, 3.8) is 0 Å². The van der Waals surface area contributed by atoms with Crippen molar-refractivity contribution in [2.24, 2.45) is 17.3 Å². The summed E-state index contributed by atoms with van der Waals surface area (Å²) in [6.07, 6.45) is 5.39. The first-order chi connectivity index (χ1) is 9.90. The smallest absolute Gasteiger partial charge is 0.303 e. The van der Waals surface area contributed by atoms with Crippen LogP contribution in [-0.2, 0) is 14.3 Å². The first kappa shape index (κ1) is 15.9. The first-order valence-corrected chi connectivity index (χ1v) is 7.68. The fourth-order valence-electron chi connectivity index (χ4n) is 4.32. The van der Waals surface area contributed by atoms with Crippen LogP contribution >= 0.6 is 0 Å². The maximum Gasteiger partial charge on any atom is 0.303 e. The van der Waals surface area contributed by atoms with Crippen LogP contribution in [0.1, 0.15) is 52.4 Å². The van der Waals surface area contributed by atoms with Gasteiger partial charge in [0.05, 0.1) is 5.76 Å². The highest BCUT2D eigenvalue weighted by Crippen LogP contribution is 2.57. The summed E-state index contributed by atoms with van der Waals surface area (Å²) in [6.45, 7) is 3.51. The van der Waals surface area contributed by atoms with Gasteiger partial charge in [-0.25, -0.2) is 0 Å². The van der Waals surface area contributed by atoms with Crippen LogP contribution in [0.15, 0.2) is 11.8 Å². The highest BCUT2D eigenvalue weighted by molar-refractivity contribution is 5.67. The van der Waals surface area contributed by atoms with Gasteiger partial charge in [0.15, 0.2) is 0 Å². The minimum Gasteiger partial charge on any atom is -0.512 e. The van der Waals surface area contributed by atoms with Crippen molar-refractivity contribution >= 4 is 11.9 Å². The van der Waals surface area contributed by atoms with E-state index in [1.165, 1.54) is 6.92 Å². The lowest BCUT2D eigenvalue weighted by atomic mass is 9.62. The number of aliphatic carboxylic acids is 1. The summed E-state index contributed by atoms with van der Waals surface area (Å²) in [6, 6.07) is 0. The second kappa shape index (κ2) is 6.08. The molecule has 4 atom stereocenters. The van der Waals surface area contributed by atoms with Crippen molar-refractivity contribution in [3.8, 4) is 0 Å². The summed E-state index contributed by atoms with van der Waals surface area (Å²) in [7, 11) is 0. The van der Waals surface area contributed by atoms with Crippen molar-refractivity contribution in [2.45, 2.75) is 58.5 Å². The number of carbonyl (C=O) groups is 2. The van der Waals surface area contributed by atoms with E-state index >= 15 is 0 Å². The normalized spacial score (nSPS) is 35.0. The standard InChI is InChI=1S/C16H24O5/c1-3-16-9-8-13(18)11(4-7-15(19)20)12(16)5-6-14(16)21-10(2)17/h8,11-12,14,18H,3-7,9H2,1-2H3,(H,19,20)/t11?,12?,14-,16?/m0/s1. The molecule has 21 heavy (non-hydrogen) atoms. The number of hydrogen-bond acceptors (Lipinski definition) is 4. The molecule has 2 N–H and O–H groups in total. The summed E-state index contributed by atoms with van der Waals surface area (Å²) in [4.78, 5) is 22.2. The Labute approximate surface area is 125 Å². The van der Waals surface area contributed by atoms with Crippen LogP contribution in [0.3, 0.4) is 0 Å². The van der Waals surface area contributed by atoms with Gasteiger partial charge < -0.3 is 14.9 Å². The lowest BCUT2D eigenvalue weighted by Crippen LogP contribution is -2.43. The van der Waals surface area contributed by atoms with E-state index in [9.17, 15) is 14.7 Å². The molecule has 0 radical (unpaired) electrons. The van der Waals surface area contributed by atoms with E-state index in [-0.39, 0.29) is 35.7 Å². The summed E-state index contributed by atoms with van der Waals surface area (Å²) in [5, 5.41) is 19.1. The molecule has 2 aliphatic rings. The number of aliphatic hydroxyl groups is 1. The van der Waals surface area contributed by atoms with Gasteiger partial charge in [-0.05, 0) is 44.1 Å². The average Bonchev–Trinajstić information content (AvgIpc) is 2.76. The van der Waals surface area contributed by atoms with E-state index in [4.69, 9.17) is 9.84 Å². The van der Waals surface area contributed by atoms with Crippen molar-refractivity contribution in [1.29, 1.82) is 0 Å². The van der Waals surface area contributed by atoms with Crippen molar-refractivity contribution in [3.05, 3.63) is 11.8 Å². The molecule has 0 saturated heterocycles.